The fraction of sp³-hybridized carbons (Fsp3) is 0.261. The summed E-state index contributed by atoms with van der Waals surface area (Å²) in [6, 6.07) is 16.3. The van der Waals surface area contributed by atoms with Gasteiger partial charge >= 0.3 is 5.97 Å². The molecule has 0 N–H and O–H groups in total. The Bertz CT molecular complexity index is 1020. The molecule has 6 nitrogen and oxygen atoms in total. The number of methoxy groups -OCH3 is 1. The molecule has 1 fully saturated rings. The second-order valence-corrected chi connectivity index (χ2v) is 8.43. The van der Waals surface area contributed by atoms with Crippen LogP contribution in [-0.4, -0.2) is 53.1 Å². The molecular weight excluding hydrogens is 436 g/mol. The summed E-state index contributed by atoms with van der Waals surface area (Å²) in [5.41, 5.74) is 2.69. The van der Waals surface area contributed by atoms with E-state index in [9.17, 15) is 9.59 Å². The molecule has 1 saturated heterocycles. The number of fused-ring (bicyclic) bond motifs is 1. The molecule has 1 amide bonds. The number of alkyl halides is 1. The molecule has 0 saturated carbocycles. The molecule has 0 radical (unpaired) electrons. The number of amides is 1. The van der Waals surface area contributed by atoms with E-state index in [1.807, 2.05) is 42.5 Å². The second kappa shape index (κ2) is 9.58. The van der Waals surface area contributed by atoms with Gasteiger partial charge in [0.25, 0.3) is 5.91 Å². The predicted molar refractivity (Wildman–Crippen MR) is 121 cm³/mol. The average Bonchev–Trinajstić information content (AvgIpc) is 2.82. The third-order valence-corrected chi connectivity index (χ3v) is 6.73. The zero-order valence-corrected chi connectivity index (χ0v) is 18.4. The maximum Gasteiger partial charge on any atom is 0.355 e. The zero-order valence-electron chi connectivity index (χ0n) is 16.9. The van der Waals surface area contributed by atoms with Crippen LogP contribution in [0.25, 0.3) is 0 Å². The second-order valence-electron chi connectivity index (χ2n) is 7.05. The molecule has 0 bridgehead atoms. The highest BCUT2D eigenvalue weighted by Crippen LogP contribution is 2.42. The maximum atomic E-state index is 12.9. The van der Waals surface area contributed by atoms with Gasteiger partial charge < -0.3 is 9.47 Å². The molecule has 2 aliphatic heterocycles. The van der Waals surface area contributed by atoms with Gasteiger partial charge in [0.05, 0.1) is 7.11 Å². The minimum atomic E-state index is -0.546. The van der Waals surface area contributed by atoms with Crippen LogP contribution in [-0.2, 0) is 20.9 Å². The van der Waals surface area contributed by atoms with Crippen LogP contribution in [0.4, 0.5) is 0 Å². The molecule has 2 aromatic rings. The third kappa shape index (κ3) is 4.48. The van der Waals surface area contributed by atoms with Gasteiger partial charge in [0.15, 0.2) is 6.04 Å². The van der Waals surface area contributed by atoms with Crippen LogP contribution in [0, 0.1) is 0 Å². The van der Waals surface area contributed by atoms with Gasteiger partial charge in [-0.05, 0) is 28.8 Å². The van der Waals surface area contributed by atoms with Crippen molar-refractivity contribution >= 4 is 41.5 Å². The molecule has 4 rings (SSSR count). The fourth-order valence-electron chi connectivity index (χ4n) is 3.40. The van der Waals surface area contributed by atoms with Crippen molar-refractivity contribution in [2.45, 2.75) is 18.0 Å². The Morgan fingerprint density at radius 3 is 2.65 bits per heavy atom. The first kappa shape index (κ1) is 21.5. The van der Waals surface area contributed by atoms with Crippen molar-refractivity contribution in [1.82, 2.24) is 4.90 Å². The lowest BCUT2D eigenvalue weighted by atomic mass is 10.0. The SMILES string of the molecule is COc1ccc(COC(=O)C2=C(CCl)CS[C@H]3C(N=Cc4ccccc4)C(=O)N23)cc1. The average molecular weight is 457 g/mol. The first-order valence-electron chi connectivity index (χ1n) is 9.73. The van der Waals surface area contributed by atoms with Gasteiger partial charge in [0.1, 0.15) is 23.4 Å². The topological polar surface area (TPSA) is 68.2 Å². The number of halogens is 1. The quantitative estimate of drug-likeness (QED) is 0.275. The summed E-state index contributed by atoms with van der Waals surface area (Å²) >= 11 is 7.63. The molecule has 2 heterocycles. The van der Waals surface area contributed by atoms with E-state index in [1.54, 1.807) is 37.2 Å². The highest BCUT2D eigenvalue weighted by Gasteiger charge is 2.53. The van der Waals surface area contributed by atoms with E-state index in [1.165, 1.54) is 4.90 Å². The van der Waals surface area contributed by atoms with Gasteiger partial charge in [0.2, 0.25) is 0 Å². The molecule has 160 valence electrons. The minimum Gasteiger partial charge on any atom is -0.497 e. The van der Waals surface area contributed by atoms with E-state index < -0.39 is 12.0 Å². The number of hydrogen-bond donors (Lipinski definition) is 0. The number of benzene rings is 2. The molecular formula is C23H21ClN2O4S. The normalized spacial score (nSPS) is 20.5. The summed E-state index contributed by atoms with van der Waals surface area (Å²) in [5.74, 6) is 0.679. The van der Waals surface area contributed by atoms with E-state index in [0.29, 0.717) is 11.3 Å². The third-order valence-electron chi connectivity index (χ3n) is 5.09. The standard InChI is InChI=1S/C23H21ClN2O4S/c1-29-18-9-7-16(8-10-18)13-30-23(28)20-17(11-24)14-31-22-19(21(27)26(20)22)25-12-15-5-3-2-4-6-15/h2-10,12,19,22H,11,13-14H2,1H3/t19?,22-/m0/s1. The molecule has 0 spiro atoms. The Morgan fingerprint density at radius 2 is 1.97 bits per heavy atom. The Balaban J connectivity index is 1.46. The zero-order chi connectivity index (χ0) is 21.8. The number of carbonyl (C=O) groups is 2. The largest absolute Gasteiger partial charge is 0.497 e. The Labute approximate surface area is 189 Å². The van der Waals surface area contributed by atoms with Gasteiger partial charge in [-0.15, -0.1) is 23.4 Å². The molecule has 31 heavy (non-hydrogen) atoms. The monoisotopic (exact) mass is 456 g/mol. The maximum absolute atomic E-state index is 12.9. The highest BCUT2D eigenvalue weighted by molar-refractivity contribution is 8.00. The van der Waals surface area contributed by atoms with Crippen LogP contribution in [0.2, 0.25) is 0 Å². The van der Waals surface area contributed by atoms with Gasteiger partial charge in [-0.1, -0.05) is 42.5 Å². The predicted octanol–water partition coefficient (Wildman–Crippen LogP) is 3.63. The molecule has 0 aromatic heterocycles. The number of β-lactam (4-membered cyclic amide) rings is 1. The van der Waals surface area contributed by atoms with Crippen molar-refractivity contribution in [2.75, 3.05) is 18.7 Å². The summed E-state index contributed by atoms with van der Waals surface area (Å²) in [7, 11) is 1.59. The number of esters is 1. The first-order valence-corrected chi connectivity index (χ1v) is 11.3. The van der Waals surface area contributed by atoms with Crippen LogP contribution in [0.1, 0.15) is 11.1 Å². The van der Waals surface area contributed by atoms with Gasteiger partial charge in [0, 0.05) is 17.8 Å². The molecule has 1 unspecified atom stereocenters. The smallest absolute Gasteiger partial charge is 0.355 e. The van der Waals surface area contributed by atoms with Crippen LogP contribution in [0.5, 0.6) is 5.75 Å². The van der Waals surface area contributed by atoms with Crippen molar-refractivity contribution in [3.8, 4) is 5.75 Å². The number of ether oxygens (including phenoxy) is 2. The van der Waals surface area contributed by atoms with E-state index in [4.69, 9.17) is 21.1 Å². The number of thioether (sulfide) groups is 1. The summed E-state index contributed by atoms with van der Waals surface area (Å²) in [6.07, 6.45) is 1.70. The molecule has 0 aliphatic carbocycles. The van der Waals surface area contributed by atoms with Crippen molar-refractivity contribution in [2.24, 2.45) is 4.99 Å². The highest BCUT2D eigenvalue weighted by atomic mass is 35.5. The van der Waals surface area contributed by atoms with Gasteiger partial charge in [-0.25, -0.2) is 4.79 Å². The lowest BCUT2D eigenvalue weighted by molar-refractivity contribution is -0.151. The van der Waals surface area contributed by atoms with Gasteiger partial charge in [-0.2, -0.15) is 0 Å². The van der Waals surface area contributed by atoms with E-state index in [-0.39, 0.29) is 29.5 Å². The molecule has 2 aliphatic rings. The summed E-state index contributed by atoms with van der Waals surface area (Å²) in [4.78, 5) is 31.7. The van der Waals surface area contributed by atoms with Crippen LogP contribution >= 0.6 is 23.4 Å². The van der Waals surface area contributed by atoms with Gasteiger partial charge in [-0.3, -0.25) is 14.7 Å². The lowest BCUT2D eigenvalue weighted by Gasteiger charge is -2.48. The Hall–Kier alpha value is -2.77. The fourth-order valence-corrected chi connectivity index (χ4v) is 5.07. The summed E-state index contributed by atoms with van der Waals surface area (Å²) < 4.78 is 10.6. The number of rotatable bonds is 7. The van der Waals surface area contributed by atoms with E-state index >= 15 is 0 Å². The number of hydrogen-bond acceptors (Lipinski definition) is 6. The minimum absolute atomic E-state index is 0.0946. The molecule has 8 heteroatoms. The number of aliphatic imine (C=N–C) groups is 1. The van der Waals surface area contributed by atoms with Crippen LogP contribution < -0.4 is 4.74 Å². The molecule has 2 aromatic carbocycles. The van der Waals surface area contributed by atoms with Crippen LogP contribution in [0.3, 0.4) is 0 Å². The van der Waals surface area contributed by atoms with E-state index in [2.05, 4.69) is 4.99 Å². The Morgan fingerprint density at radius 1 is 1.23 bits per heavy atom. The molecule has 2 atom stereocenters. The lowest BCUT2D eigenvalue weighted by Crippen LogP contribution is -2.64. The first-order chi connectivity index (χ1) is 15.1. The number of carbonyl (C=O) groups excluding carboxylic acids is 2. The summed E-state index contributed by atoms with van der Waals surface area (Å²) in [5, 5.41) is -0.233. The van der Waals surface area contributed by atoms with Crippen molar-refractivity contribution in [1.29, 1.82) is 0 Å². The number of nitrogens with zero attached hydrogens (tertiary/aromatic N) is 2. The van der Waals surface area contributed by atoms with E-state index in [0.717, 1.165) is 16.9 Å². The Kier molecular flexibility index (Phi) is 6.63. The van der Waals surface area contributed by atoms with Crippen LogP contribution in [0.15, 0.2) is 70.9 Å². The summed E-state index contributed by atoms with van der Waals surface area (Å²) in [6.45, 7) is 0.0946. The van der Waals surface area contributed by atoms with Crippen molar-refractivity contribution < 1.29 is 19.1 Å². The van der Waals surface area contributed by atoms with Crippen molar-refractivity contribution in [3.05, 3.63) is 77.0 Å². The van der Waals surface area contributed by atoms with Crippen molar-refractivity contribution in [3.63, 3.8) is 0 Å².